The van der Waals surface area contributed by atoms with Gasteiger partial charge in [-0.2, -0.15) is 0 Å². The predicted molar refractivity (Wildman–Crippen MR) is 74.7 cm³/mol. The van der Waals surface area contributed by atoms with E-state index < -0.39 is 22.0 Å². The van der Waals surface area contributed by atoms with E-state index in [-0.39, 0.29) is 17.6 Å². The van der Waals surface area contributed by atoms with Gasteiger partial charge in [-0.05, 0) is 24.9 Å². The average molecular weight is 274 g/mol. The maximum Gasteiger partial charge on any atom is 0.150 e. The first-order chi connectivity index (χ1) is 8.95. The molecule has 0 aliphatic rings. The zero-order valence-corrected chi connectivity index (χ0v) is 12.4. The minimum absolute atomic E-state index is 0.0264. The first-order valence-corrected chi connectivity index (χ1v) is 8.07. The molecule has 0 aromatic carbocycles. The van der Waals surface area contributed by atoms with Crippen molar-refractivity contribution in [2.45, 2.75) is 52.3 Å². The fourth-order valence-electron chi connectivity index (χ4n) is 1.46. The third-order valence-electron chi connectivity index (χ3n) is 2.71. The molecule has 1 rings (SSSR count). The monoisotopic (exact) mass is 274 g/mol. The molecule has 0 saturated carbocycles. The molecule has 0 atom stereocenters. The van der Waals surface area contributed by atoms with Crippen LogP contribution in [0.1, 0.15) is 54.8 Å². The van der Waals surface area contributed by atoms with E-state index in [1.807, 2.05) is 32.9 Å². The van der Waals surface area contributed by atoms with E-state index in [1.165, 1.54) is 6.92 Å². The Kier molecular flexibility index (Phi) is 4.03. The van der Waals surface area contributed by atoms with Gasteiger partial charge in [-0.1, -0.05) is 27.7 Å². The second-order valence-electron chi connectivity index (χ2n) is 5.44. The molecule has 0 amide bonds. The number of sulfone groups is 1. The normalized spacial score (nSPS) is 15.3. The van der Waals surface area contributed by atoms with Crippen molar-refractivity contribution in [3.8, 4) is 0 Å². The number of aryl methyl sites for hydroxylation is 1. The molecule has 0 bridgehead atoms. The lowest BCUT2D eigenvalue weighted by Crippen LogP contribution is -2.09. The van der Waals surface area contributed by atoms with Gasteiger partial charge in [0.15, 0.2) is 0 Å². The predicted octanol–water partition coefficient (Wildman–Crippen LogP) is 3.33. The first-order valence-electron chi connectivity index (χ1n) is 7.25. The lowest BCUT2D eigenvalue weighted by atomic mass is 9.94. The highest BCUT2D eigenvalue weighted by atomic mass is 32.2. The zero-order valence-electron chi connectivity index (χ0n) is 13.6. The van der Waals surface area contributed by atoms with E-state index in [4.69, 9.17) is 7.16 Å². The van der Waals surface area contributed by atoms with Crippen molar-refractivity contribution in [2.24, 2.45) is 0 Å². The summed E-state index contributed by atoms with van der Waals surface area (Å²) in [5.74, 6) is 1.10. The van der Waals surface area contributed by atoms with Gasteiger partial charge < -0.3 is 4.42 Å². The Hall–Kier alpha value is -0.770. The molecule has 1 heterocycles. The molecular formula is C14H24O3S. The first kappa shape index (κ1) is 12.3. The highest BCUT2D eigenvalue weighted by Crippen LogP contribution is 2.24. The highest BCUT2D eigenvalue weighted by molar-refractivity contribution is 7.91. The Morgan fingerprint density at radius 2 is 2.00 bits per heavy atom. The van der Waals surface area contributed by atoms with Crippen molar-refractivity contribution < 1.29 is 15.6 Å². The summed E-state index contributed by atoms with van der Waals surface area (Å²) in [6.45, 7) is 7.67. The maximum atomic E-state index is 11.5. The Morgan fingerprint density at radius 3 is 2.50 bits per heavy atom. The van der Waals surface area contributed by atoms with Crippen LogP contribution in [0.3, 0.4) is 0 Å². The molecule has 0 spiro atoms. The molecule has 0 aliphatic heterocycles. The minimum atomic E-state index is -3.31. The smallest absolute Gasteiger partial charge is 0.150 e. The van der Waals surface area contributed by atoms with Crippen molar-refractivity contribution in [2.75, 3.05) is 11.5 Å². The van der Waals surface area contributed by atoms with Gasteiger partial charge in [0.05, 0.1) is 5.75 Å². The van der Waals surface area contributed by atoms with Crippen LogP contribution in [0.15, 0.2) is 16.5 Å². The topological polar surface area (TPSA) is 47.3 Å². The zero-order chi connectivity index (χ0) is 15.6. The van der Waals surface area contributed by atoms with Gasteiger partial charge in [0.2, 0.25) is 0 Å². The Morgan fingerprint density at radius 1 is 1.33 bits per heavy atom. The molecule has 0 unspecified atom stereocenters. The summed E-state index contributed by atoms with van der Waals surface area (Å²) in [7, 11) is -3.31. The fraction of sp³-hybridized carbons (Fsp3) is 0.714. The van der Waals surface area contributed by atoms with Crippen molar-refractivity contribution >= 4 is 9.84 Å². The SMILES string of the molecule is [2H]C([2H])(CCc1ccc(C(C)(C)C)o1)CS(=O)(=O)CC. The second kappa shape index (κ2) is 5.91. The Balaban J connectivity index is 2.65. The summed E-state index contributed by atoms with van der Waals surface area (Å²) >= 11 is 0. The number of hydrogen-bond acceptors (Lipinski definition) is 3. The summed E-state index contributed by atoms with van der Waals surface area (Å²) < 4.78 is 44.3. The van der Waals surface area contributed by atoms with E-state index in [0.717, 1.165) is 5.76 Å². The average Bonchev–Trinajstić information content (AvgIpc) is 2.73. The maximum absolute atomic E-state index is 11.5. The largest absolute Gasteiger partial charge is 0.466 e. The Labute approximate surface area is 113 Å². The number of rotatable bonds is 6. The molecule has 4 heteroatoms. The molecule has 1 aromatic rings. The molecule has 3 nitrogen and oxygen atoms in total. The van der Waals surface area contributed by atoms with Crippen LogP contribution in [-0.2, 0) is 21.7 Å². The third kappa shape index (κ3) is 4.84. The van der Waals surface area contributed by atoms with Gasteiger partial charge in [0, 0.05) is 20.3 Å². The van der Waals surface area contributed by atoms with Gasteiger partial charge in [-0.3, -0.25) is 0 Å². The number of hydrogen-bond donors (Lipinski definition) is 0. The summed E-state index contributed by atoms with van der Waals surface area (Å²) in [4.78, 5) is 0. The van der Waals surface area contributed by atoms with Crippen LogP contribution in [0.4, 0.5) is 0 Å². The summed E-state index contributed by atoms with van der Waals surface area (Å²) in [5, 5.41) is 0. The minimum Gasteiger partial charge on any atom is -0.466 e. The molecule has 0 radical (unpaired) electrons. The van der Waals surface area contributed by atoms with Crippen LogP contribution in [0.25, 0.3) is 0 Å². The molecule has 0 N–H and O–H groups in total. The summed E-state index contributed by atoms with van der Waals surface area (Å²) in [6.07, 6.45) is -1.17. The van der Waals surface area contributed by atoms with Gasteiger partial charge in [-0.15, -0.1) is 0 Å². The van der Waals surface area contributed by atoms with Crippen LogP contribution in [0.5, 0.6) is 0 Å². The standard InChI is InChI=1S/C14H24O3S/c1-5-18(15,16)11-7-6-8-12-9-10-13(17-12)14(2,3)4/h9-10H,5-8,11H2,1-4H3/i7D2. The van der Waals surface area contributed by atoms with Crippen LogP contribution >= 0.6 is 0 Å². The van der Waals surface area contributed by atoms with Crippen molar-refractivity contribution in [3.63, 3.8) is 0 Å². The van der Waals surface area contributed by atoms with Gasteiger partial charge in [-0.25, -0.2) is 8.42 Å². The van der Waals surface area contributed by atoms with E-state index in [1.54, 1.807) is 0 Å². The molecular weight excluding hydrogens is 248 g/mol. The Bertz CT molecular complexity index is 539. The van der Waals surface area contributed by atoms with Crippen LogP contribution in [0, 0.1) is 0 Å². The number of furan rings is 1. The lowest BCUT2D eigenvalue weighted by molar-refractivity contribution is 0.384. The van der Waals surface area contributed by atoms with E-state index in [9.17, 15) is 8.42 Å². The quantitative estimate of drug-likeness (QED) is 0.799. The van der Waals surface area contributed by atoms with Crippen LogP contribution in [0.2, 0.25) is 0 Å². The molecule has 0 aliphatic carbocycles. The fourth-order valence-corrected chi connectivity index (χ4v) is 2.12. The van der Waals surface area contributed by atoms with E-state index in [0.29, 0.717) is 12.2 Å². The molecule has 18 heavy (non-hydrogen) atoms. The summed E-state index contributed by atoms with van der Waals surface area (Å²) in [6, 6.07) is 3.73. The van der Waals surface area contributed by atoms with E-state index >= 15 is 0 Å². The van der Waals surface area contributed by atoms with Crippen molar-refractivity contribution in [1.82, 2.24) is 0 Å². The molecule has 0 fully saturated rings. The molecule has 0 saturated heterocycles. The van der Waals surface area contributed by atoms with Crippen molar-refractivity contribution in [3.05, 3.63) is 23.7 Å². The third-order valence-corrected chi connectivity index (χ3v) is 4.23. The van der Waals surface area contributed by atoms with Crippen LogP contribution < -0.4 is 0 Å². The van der Waals surface area contributed by atoms with E-state index in [2.05, 4.69) is 0 Å². The van der Waals surface area contributed by atoms with Crippen molar-refractivity contribution in [1.29, 1.82) is 0 Å². The highest BCUT2D eigenvalue weighted by Gasteiger charge is 2.17. The van der Waals surface area contributed by atoms with Gasteiger partial charge in [0.1, 0.15) is 21.4 Å². The van der Waals surface area contributed by atoms with Gasteiger partial charge >= 0.3 is 0 Å². The molecule has 104 valence electrons. The lowest BCUT2D eigenvalue weighted by Gasteiger charge is -2.14. The summed E-state index contributed by atoms with van der Waals surface area (Å²) in [5.41, 5.74) is -0.0805. The molecule has 1 aromatic heterocycles. The van der Waals surface area contributed by atoms with Crippen LogP contribution in [-0.4, -0.2) is 19.9 Å². The second-order valence-corrected chi connectivity index (χ2v) is 7.80. The van der Waals surface area contributed by atoms with Gasteiger partial charge in [0.25, 0.3) is 0 Å².